The Morgan fingerprint density at radius 3 is 2.24 bits per heavy atom. The van der Waals surface area contributed by atoms with Crippen LogP contribution in [0.5, 0.6) is 5.88 Å². The van der Waals surface area contributed by atoms with Crippen LogP contribution < -0.4 is 4.74 Å². The van der Waals surface area contributed by atoms with Gasteiger partial charge >= 0.3 is 5.97 Å². The van der Waals surface area contributed by atoms with E-state index in [9.17, 15) is 14.7 Å². The number of pyridine rings is 1. The van der Waals surface area contributed by atoms with Gasteiger partial charge in [0.05, 0.1) is 25.9 Å². The number of amides is 1. The molecule has 0 radical (unpaired) electrons. The third-order valence-electron chi connectivity index (χ3n) is 9.61. The van der Waals surface area contributed by atoms with Crippen LogP contribution in [0.1, 0.15) is 107 Å². The van der Waals surface area contributed by atoms with Gasteiger partial charge in [0.15, 0.2) is 0 Å². The minimum Gasteiger partial charge on any atom is -0.481 e. The van der Waals surface area contributed by atoms with E-state index in [-0.39, 0.29) is 18.4 Å². The second kappa shape index (κ2) is 12.5. The summed E-state index contributed by atoms with van der Waals surface area (Å²) >= 11 is 0. The van der Waals surface area contributed by atoms with Crippen molar-refractivity contribution in [3.8, 4) is 5.88 Å². The molecule has 3 aliphatic rings. The van der Waals surface area contributed by atoms with Crippen LogP contribution in [0.15, 0.2) is 42.6 Å². The van der Waals surface area contributed by atoms with Gasteiger partial charge in [0.25, 0.3) is 0 Å². The quantitative estimate of drug-likeness (QED) is 0.376. The summed E-state index contributed by atoms with van der Waals surface area (Å²) in [7, 11) is 1.62. The Kier molecular flexibility index (Phi) is 9.03. The summed E-state index contributed by atoms with van der Waals surface area (Å²) in [5.41, 5.74) is 2.54. The normalized spacial score (nSPS) is 25.9. The van der Waals surface area contributed by atoms with Gasteiger partial charge in [-0.1, -0.05) is 83.2 Å². The molecule has 2 aliphatic carbocycles. The molecule has 4 atom stereocenters. The van der Waals surface area contributed by atoms with Crippen LogP contribution in [0, 0.1) is 17.3 Å². The Morgan fingerprint density at radius 1 is 0.976 bits per heavy atom. The number of likely N-dealkylation sites (tertiary alicyclic amines) is 1. The van der Waals surface area contributed by atoms with Gasteiger partial charge in [-0.3, -0.25) is 4.79 Å². The van der Waals surface area contributed by atoms with Gasteiger partial charge in [0.2, 0.25) is 11.8 Å². The molecule has 1 saturated heterocycles. The van der Waals surface area contributed by atoms with Crippen molar-refractivity contribution >= 4 is 11.9 Å². The van der Waals surface area contributed by atoms with E-state index in [1.54, 1.807) is 12.0 Å². The highest BCUT2D eigenvalue weighted by atomic mass is 16.5. The lowest BCUT2D eigenvalue weighted by Crippen LogP contribution is -2.49. The molecule has 0 unspecified atom stereocenters. The predicted molar refractivity (Wildman–Crippen MR) is 158 cm³/mol. The maximum absolute atomic E-state index is 14.3. The van der Waals surface area contributed by atoms with Crippen molar-refractivity contribution in [2.75, 3.05) is 7.11 Å². The Labute approximate surface area is 244 Å². The van der Waals surface area contributed by atoms with E-state index in [4.69, 9.17) is 9.47 Å². The monoisotopic (exact) mass is 562 g/mol. The SMILES string of the molecule is COc1ncc(C2CCCC2)cc1CO[C@H]1[C@H](C(C)(C)C)[C@@H](C(=O)O)N(C(=O)C2CCCCC2)[C@H]1c1ccccc1. The van der Waals surface area contributed by atoms with Crippen molar-refractivity contribution in [1.29, 1.82) is 0 Å². The van der Waals surface area contributed by atoms with Gasteiger partial charge in [0, 0.05) is 23.6 Å². The van der Waals surface area contributed by atoms with Gasteiger partial charge in [-0.2, -0.15) is 0 Å². The number of carbonyl (C=O) groups is 2. The Balaban J connectivity index is 1.55. The first kappa shape index (κ1) is 29.6. The predicted octanol–water partition coefficient (Wildman–Crippen LogP) is 6.91. The first-order chi connectivity index (χ1) is 19.7. The van der Waals surface area contributed by atoms with Gasteiger partial charge < -0.3 is 19.5 Å². The number of methoxy groups -OCH3 is 1. The van der Waals surface area contributed by atoms with Crippen LogP contribution in [-0.4, -0.2) is 46.1 Å². The lowest BCUT2D eigenvalue weighted by Gasteiger charge is -2.35. The van der Waals surface area contributed by atoms with Crippen LogP contribution in [0.2, 0.25) is 0 Å². The zero-order valence-electron chi connectivity index (χ0n) is 25.1. The summed E-state index contributed by atoms with van der Waals surface area (Å²) in [6.07, 6.45) is 11.0. The lowest BCUT2D eigenvalue weighted by atomic mass is 9.73. The van der Waals surface area contributed by atoms with Gasteiger partial charge in [0.1, 0.15) is 6.04 Å². The standard InChI is InChI=1S/C34H46N2O5/c1-34(2,3)27-29(33(38)39)36(32(37)24-17-9-6-10-18-24)28(23-15-7-5-8-16-23)30(27)41-21-26-19-25(20-35-31(26)40-4)22-13-11-12-14-22/h5,7-8,15-16,19-20,22,24,27-30H,6,9-14,17-18,21H2,1-4H3,(H,38,39)/t27-,28+,29+,30+/m1/s1. The molecule has 7 heteroatoms. The second-order valence-corrected chi connectivity index (χ2v) is 13.3. The number of hydrogen-bond donors (Lipinski definition) is 1. The summed E-state index contributed by atoms with van der Waals surface area (Å²) in [6.45, 7) is 6.41. The van der Waals surface area contributed by atoms with E-state index in [0.717, 1.165) is 56.1 Å². The number of benzene rings is 1. The fraction of sp³-hybridized carbons (Fsp3) is 0.618. The molecule has 41 heavy (non-hydrogen) atoms. The van der Waals surface area contributed by atoms with Crippen molar-refractivity contribution in [2.24, 2.45) is 17.3 Å². The average Bonchev–Trinajstić information content (AvgIpc) is 3.63. The van der Waals surface area contributed by atoms with Crippen molar-refractivity contribution in [3.05, 3.63) is 59.3 Å². The fourth-order valence-corrected chi connectivity index (χ4v) is 7.62. The summed E-state index contributed by atoms with van der Waals surface area (Å²) in [5.74, 6) is -0.563. The van der Waals surface area contributed by atoms with Crippen LogP contribution in [0.25, 0.3) is 0 Å². The second-order valence-electron chi connectivity index (χ2n) is 13.3. The number of ether oxygens (including phenoxy) is 2. The summed E-state index contributed by atoms with van der Waals surface area (Å²) in [5, 5.41) is 10.7. The number of aliphatic carboxylic acids is 1. The van der Waals surface area contributed by atoms with E-state index < -0.39 is 35.5 Å². The number of carboxylic acid groups (broad SMARTS) is 1. The molecule has 7 nitrogen and oxygen atoms in total. The van der Waals surface area contributed by atoms with Crippen molar-refractivity contribution in [1.82, 2.24) is 9.88 Å². The molecule has 1 aromatic heterocycles. The zero-order chi connectivity index (χ0) is 29.1. The summed E-state index contributed by atoms with van der Waals surface area (Å²) < 4.78 is 12.5. The molecule has 0 bridgehead atoms. The third-order valence-corrected chi connectivity index (χ3v) is 9.61. The average molecular weight is 563 g/mol. The van der Waals surface area contributed by atoms with Crippen LogP contribution in [0.4, 0.5) is 0 Å². The summed E-state index contributed by atoms with van der Waals surface area (Å²) in [4.78, 5) is 33.6. The largest absolute Gasteiger partial charge is 0.481 e. The van der Waals surface area contributed by atoms with Crippen molar-refractivity contribution in [3.63, 3.8) is 0 Å². The minimum atomic E-state index is -0.982. The van der Waals surface area contributed by atoms with Gasteiger partial charge in [-0.15, -0.1) is 0 Å². The van der Waals surface area contributed by atoms with E-state index in [2.05, 4.69) is 31.8 Å². The third kappa shape index (κ3) is 6.15. The molecule has 1 aliphatic heterocycles. The van der Waals surface area contributed by atoms with Gasteiger partial charge in [-0.25, -0.2) is 9.78 Å². The first-order valence-electron chi connectivity index (χ1n) is 15.4. The highest BCUT2D eigenvalue weighted by Gasteiger charge is 2.59. The highest BCUT2D eigenvalue weighted by Crippen LogP contribution is 2.51. The molecule has 1 amide bonds. The van der Waals surface area contributed by atoms with Crippen LogP contribution >= 0.6 is 0 Å². The van der Waals surface area contributed by atoms with E-state index >= 15 is 0 Å². The van der Waals surface area contributed by atoms with E-state index in [1.807, 2.05) is 36.5 Å². The van der Waals surface area contributed by atoms with E-state index in [0.29, 0.717) is 11.8 Å². The maximum atomic E-state index is 14.3. The number of carboxylic acids is 1. The molecule has 0 spiro atoms. The molecule has 222 valence electrons. The highest BCUT2D eigenvalue weighted by molar-refractivity contribution is 5.87. The molecule has 2 heterocycles. The number of hydrogen-bond acceptors (Lipinski definition) is 5. The van der Waals surface area contributed by atoms with Gasteiger partial charge in [-0.05, 0) is 54.2 Å². The molecule has 3 fully saturated rings. The number of rotatable bonds is 8. The summed E-state index contributed by atoms with van der Waals surface area (Å²) in [6, 6.07) is 10.5. The lowest BCUT2D eigenvalue weighted by molar-refractivity contribution is -0.154. The number of nitrogens with zero attached hydrogens (tertiary/aromatic N) is 2. The molecule has 2 aromatic rings. The topological polar surface area (TPSA) is 89.0 Å². The Bertz CT molecular complexity index is 1200. The van der Waals surface area contributed by atoms with Crippen LogP contribution in [0.3, 0.4) is 0 Å². The number of carbonyl (C=O) groups excluding carboxylic acids is 1. The smallest absolute Gasteiger partial charge is 0.326 e. The molecule has 1 aromatic carbocycles. The zero-order valence-corrected chi connectivity index (χ0v) is 25.1. The molecule has 5 rings (SSSR count). The van der Waals surface area contributed by atoms with Crippen molar-refractivity contribution < 1.29 is 24.2 Å². The fourth-order valence-electron chi connectivity index (χ4n) is 7.62. The molecular formula is C34H46N2O5. The Hall–Kier alpha value is -2.93. The van der Waals surface area contributed by atoms with E-state index in [1.165, 1.54) is 18.4 Å². The first-order valence-corrected chi connectivity index (χ1v) is 15.4. The maximum Gasteiger partial charge on any atom is 0.326 e. The molecular weight excluding hydrogens is 516 g/mol. The molecule has 2 saturated carbocycles. The minimum absolute atomic E-state index is 0.0474. The number of aromatic nitrogens is 1. The van der Waals surface area contributed by atoms with Crippen molar-refractivity contribution in [2.45, 2.75) is 109 Å². The Morgan fingerprint density at radius 2 is 1.63 bits per heavy atom. The van der Waals surface area contributed by atoms with Crippen LogP contribution in [-0.2, 0) is 20.9 Å². The molecule has 1 N–H and O–H groups in total.